The summed E-state index contributed by atoms with van der Waals surface area (Å²) in [6.07, 6.45) is 3.90. The Morgan fingerprint density at radius 1 is 1.32 bits per heavy atom. The molecule has 7 heteroatoms. The molecule has 1 aliphatic rings. The summed E-state index contributed by atoms with van der Waals surface area (Å²) < 4.78 is 0. The quantitative estimate of drug-likeness (QED) is 0.608. The Kier molecular flexibility index (Phi) is 5.13. The van der Waals surface area contributed by atoms with Crippen LogP contribution in [0, 0.1) is 0 Å². The number of amides is 3. The molecule has 1 fully saturated rings. The summed E-state index contributed by atoms with van der Waals surface area (Å²) in [5.41, 5.74) is 0.816. The van der Waals surface area contributed by atoms with Gasteiger partial charge in [-0.2, -0.15) is 0 Å². The van der Waals surface area contributed by atoms with Crippen LogP contribution in [0.1, 0.15) is 18.4 Å². The average molecular weight is 303 g/mol. The maximum atomic E-state index is 11.7. The number of carbonyl (C=O) groups is 3. The first-order chi connectivity index (χ1) is 10.5. The third kappa shape index (κ3) is 4.62. The van der Waals surface area contributed by atoms with Crippen LogP contribution in [0.5, 0.6) is 5.75 Å². The summed E-state index contributed by atoms with van der Waals surface area (Å²) in [7, 11) is 0. The van der Waals surface area contributed by atoms with Crippen LogP contribution < -0.4 is 16.0 Å². The SMILES string of the molecule is O=C(CNC(=O)[C@@H]1CCC(=O)N1)N/C=C/c1ccc(O)cc1. The van der Waals surface area contributed by atoms with Crippen molar-refractivity contribution in [3.63, 3.8) is 0 Å². The Bertz CT molecular complexity index is 595. The van der Waals surface area contributed by atoms with Gasteiger partial charge in [0.2, 0.25) is 17.7 Å². The summed E-state index contributed by atoms with van der Waals surface area (Å²) in [6, 6.07) is 5.92. The standard InChI is InChI=1S/C15H17N3O4/c19-11-3-1-10(2-4-11)7-8-16-14(21)9-17-15(22)12-5-6-13(20)18-12/h1-4,7-8,12,19H,5-6,9H2,(H,16,21)(H,17,22)(H,18,20)/b8-7+/t12-/m0/s1. The van der Waals surface area contributed by atoms with Gasteiger partial charge in [0.05, 0.1) is 6.54 Å². The van der Waals surface area contributed by atoms with E-state index in [-0.39, 0.29) is 30.0 Å². The third-order valence-corrected chi connectivity index (χ3v) is 3.15. The molecule has 1 saturated heterocycles. The fourth-order valence-electron chi connectivity index (χ4n) is 1.97. The van der Waals surface area contributed by atoms with Crippen molar-refractivity contribution in [1.29, 1.82) is 0 Å². The highest BCUT2D eigenvalue weighted by molar-refractivity contribution is 5.93. The predicted octanol–water partition coefficient (Wildman–Crippen LogP) is -0.126. The smallest absolute Gasteiger partial charge is 0.243 e. The largest absolute Gasteiger partial charge is 0.508 e. The van der Waals surface area contributed by atoms with Gasteiger partial charge in [-0.05, 0) is 30.2 Å². The van der Waals surface area contributed by atoms with E-state index >= 15 is 0 Å². The minimum absolute atomic E-state index is 0.151. The molecule has 22 heavy (non-hydrogen) atoms. The number of aromatic hydroxyl groups is 1. The molecule has 1 aliphatic heterocycles. The molecular weight excluding hydrogens is 286 g/mol. The second-order valence-electron chi connectivity index (χ2n) is 4.87. The summed E-state index contributed by atoms with van der Waals surface area (Å²) in [4.78, 5) is 34.2. The van der Waals surface area contributed by atoms with Gasteiger partial charge in [-0.1, -0.05) is 12.1 Å². The van der Waals surface area contributed by atoms with Crippen molar-refractivity contribution in [1.82, 2.24) is 16.0 Å². The molecule has 116 valence electrons. The highest BCUT2D eigenvalue weighted by Crippen LogP contribution is 2.10. The maximum absolute atomic E-state index is 11.7. The first kappa shape index (κ1) is 15.6. The molecule has 4 N–H and O–H groups in total. The number of benzene rings is 1. The minimum Gasteiger partial charge on any atom is -0.508 e. The lowest BCUT2D eigenvalue weighted by Gasteiger charge is -2.09. The fraction of sp³-hybridized carbons (Fsp3) is 0.267. The van der Waals surface area contributed by atoms with Crippen LogP contribution in [0.2, 0.25) is 0 Å². The molecule has 0 aliphatic carbocycles. The Morgan fingerprint density at radius 2 is 2.05 bits per heavy atom. The van der Waals surface area contributed by atoms with Gasteiger partial charge in [0.1, 0.15) is 11.8 Å². The summed E-state index contributed by atoms with van der Waals surface area (Å²) >= 11 is 0. The fourth-order valence-corrected chi connectivity index (χ4v) is 1.97. The van der Waals surface area contributed by atoms with E-state index in [1.54, 1.807) is 18.2 Å². The van der Waals surface area contributed by atoms with Crippen LogP contribution in [0.3, 0.4) is 0 Å². The van der Waals surface area contributed by atoms with Gasteiger partial charge in [0.25, 0.3) is 0 Å². The zero-order valence-corrected chi connectivity index (χ0v) is 11.8. The van der Waals surface area contributed by atoms with E-state index in [9.17, 15) is 14.4 Å². The van der Waals surface area contributed by atoms with E-state index < -0.39 is 6.04 Å². The molecule has 2 rings (SSSR count). The van der Waals surface area contributed by atoms with Crippen molar-refractivity contribution < 1.29 is 19.5 Å². The van der Waals surface area contributed by atoms with E-state index in [0.29, 0.717) is 12.8 Å². The van der Waals surface area contributed by atoms with Crippen LogP contribution in [0.25, 0.3) is 6.08 Å². The van der Waals surface area contributed by atoms with E-state index in [4.69, 9.17) is 5.11 Å². The normalized spacial score (nSPS) is 17.3. The molecule has 0 spiro atoms. The van der Waals surface area contributed by atoms with Gasteiger partial charge >= 0.3 is 0 Å². The lowest BCUT2D eigenvalue weighted by molar-refractivity contribution is -0.127. The van der Waals surface area contributed by atoms with Gasteiger partial charge in [-0.25, -0.2) is 0 Å². The number of carbonyl (C=O) groups excluding carboxylic acids is 3. The molecule has 0 aromatic heterocycles. The predicted molar refractivity (Wildman–Crippen MR) is 79.5 cm³/mol. The lowest BCUT2D eigenvalue weighted by atomic mass is 10.2. The molecule has 1 heterocycles. The van der Waals surface area contributed by atoms with Gasteiger partial charge in [0.15, 0.2) is 0 Å². The van der Waals surface area contributed by atoms with Gasteiger partial charge in [0, 0.05) is 12.6 Å². The van der Waals surface area contributed by atoms with Crippen LogP contribution in [0.15, 0.2) is 30.5 Å². The second kappa shape index (κ2) is 7.26. The lowest BCUT2D eigenvalue weighted by Crippen LogP contribution is -2.44. The number of hydrogen-bond donors (Lipinski definition) is 4. The molecule has 1 atom stereocenters. The molecule has 0 saturated carbocycles. The molecular formula is C15H17N3O4. The number of nitrogens with one attached hydrogen (secondary N) is 3. The van der Waals surface area contributed by atoms with Crippen molar-refractivity contribution in [2.75, 3.05) is 6.54 Å². The molecule has 0 radical (unpaired) electrons. The number of phenols is 1. The molecule has 3 amide bonds. The Labute approximate surface area is 127 Å². The van der Waals surface area contributed by atoms with Gasteiger partial charge in [-0.3, -0.25) is 14.4 Å². The van der Waals surface area contributed by atoms with E-state index in [2.05, 4.69) is 16.0 Å². The average Bonchev–Trinajstić information content (AvgIpc) is 2.93. The third-order valence-electron chi connectivity index (χ3n) is 3.15. The molecule has 1 aromatic rings. The van der Waals surface area contributed by atoms with Crippen LogP contribution >= 0.6 is 0 Å². The minimum atomic E-state index is -0.548. The Morgan fingerprint density at radius 3 is 2.68 bits per heavy atom. The summed E-state index contributed by atoms with van der Waals surface area (Å²) in [6.45, 7) is -0.162. The van der Waals surface area contributed by atoms with E-state index in [1.807, 2.05) is 0 Å². The monoisotopic (exact) mass is 303 g/mol. The highest BCUT2D eigenvalue weighted by Gasteiger charge is 2.26. The first-order valence-electron chi connectivity index (χ1n) is 6.86. The van der Waals surface area contributed by atoms with Gasteiger partial charge in [-0.15, -0.1) is 0 Å². The number of rotatable bonds is 5. The molecule has 1 aromatic carbocycles. The topological polar surface area (TPSA) is 108 Å². The highest BCUT2D eigenvalue weighted by atomic mass is 16.3. The van der Waals surface area contributed by atoms with E-state index in [0.717, 1.165) is 5.56 Å². The van der Waals surface area contributed by atoms with Crippen molar-refractivity contribution in [3.05, 3.63) is 36.0 Å². The Balaban J connectivity index is 1.70. The second-order valence-corrected chi connectivity index (χ2v) is 4.87. The molecule has 0 bridgehead atoms. The summed E-state index contributed by atoms with van der Waals surface area (Å²) in [5, 5.41) is 16.7. The zero-order chi connectivity index (χ0) is 15.9. The van der Waals surface area contributed by atoms with Crippen molar-refractivity contribution in [3.8, 4) is 5.75 Å². The zero-order valence-electron chi connectivity index (χ0n) is 11.8. The molecule has 7 nitrogen and oxygen atoms in total. The van der Waals surface area contributed by atoms with Crippen molar-refractivity contribution in [2.45, 2.75) is 18.9 Å². The first-order valence-corrected chi connectivity index (χ1v) is 6.86. The van der Waals surface area contributed by atoms with Crippen molar-refractivity contribution >= 4 is 23.8 Å². The van der Waals surface area contributed by atoms with Gasteiger partial charge < -0.3 is 21.1 Å². The summed E-state index contributed by atoms with van der Waals surface area (Å²) in [5.74, 6) is -0.708. The van der Waals surface area contributed by atoms with Crippen LogP contribution in [-0.2, 0) is 14.4 Å². The van der Waals surface area contributed by atoms with E-state index in [1.165, 1.54) is 18.3 Å². The number of phenolic OH excluding ortho intramolecular Hbond substituents is 1. The van der Waals surface area contributed by atoms with Crippen LogP contribution in [-0.4, -0.2) is 35.4 Å². The Hall–Kier alpha value is -2.83. The molecule has 0 unspecified atom stereocenters. The maximum Gasteiger partial charge on any atom is 0.243 e. The van der Waals surface area contributed by atoms with Crippen LogP contribution in [0.4, 0.5) is 0 Å². The number of hydrogen-bond acceptors (Lipinski definition) is 4. The van der Waals surface area contributed by atoms with Crippen molar-refractivity contribution in [2.24, 2.45) is 0 Å².